The summed E-state index contributed by atoms with van der Waals surface area (Å²) in [5.41, 5.74) is 3.03. The monoisotopic (exact) mass is 364 g/mol. The largest absolute Gasteiger partial charge is 0.378 e. The summed E-state index contributed by atoms with van der Waals surface area (Å²) < 4.78 is 18.3. The minimum absolute atomic E-state index is 0.0282. The highest BCUT2D eigenvalue weighted by Crippen LogP contribution is 2.30. The van der Waals surface area contributed by atoms with E-state index in [9.17, 15) is 9.18 Å². The van der Waals surface area contributed by atoms with E-state index >= 15 is 0 Å². The number of fused-ring (bicyclic) bond motifs is 1. The number of amides is 1. The van der Waals surface area contributed by atoms with Crippen molar-refractivity contribution in [2.75, 3.05) is 31.6 Å². The molecule has 0 aliphatic carbocycles. The zero-order valence-corrected chi connectivity index (χ0v) is 15.0. The number of hydrogen-bond acceptors (Lipinski definition) is 3. The van der Waals surface area contributed by atoms with Crippen LogP contribution in [0.1, 0.15) is 15.9 Å². The van der Waals surface area contributed by atoms with Crippen molar-refractivity contribution in [3.8, 4) is 0 Å². The number of nitrogens with one attached hydrogen (secondary N) is 1. The lowest BCUT2D eigenvalue weighted by Gasteiger charge is -2.27. The molecule has 4 rings (SSSR count). The van der Waals surface area contributed by atoms with E-state index in [4.69, 9.17) is 4.74 Å². The fourth-order valence-electron chi connectivity index (χ4n) is 3.42. The third-order valence-electron chi connectivity index (χ3n) is 4.81. The first-order valence-electron chi connectivity index (χ1n) is 9.07. The van der Waals surface area contributed by atoms with Gasteiger partial charge in [-0.15, -0.1) is 0 Å². The number of carbonyl (C=O) groups is 1. The number of alkyl halides is 1. The van der Waals surface area contributed by atoms with Crippen LogP contribution >= 0.6 is 0 Å². The topological polar surface area (TPSA) is 41.6 Å². The predicted octanol–water partition coefficient (Wildman–Crippen LogP) is 4.53. The van der Waals surface area contributed by atoms with Crippen molar-refractivity contribution >= 4 is 28.1 Å². The summed E-state index contributed by atoms with van der Waals surface area (Å²) >= 11 is 0. The Morgan fingerprint density at radius 2 is 1.78 bits per heavy atom. The van der Waals surface area contributed by atoms with E-state index < -0.39 is 6.67 Å². The van der Waals surface area contributed by atoms with Crippen LogP contribution in [-0.4, -0.2) is 37.1 Å². The number of hydrogen-bond donors (Lipinski definition) is 1. The average molecular weight is 364 g/mol. The highest BCUT2D eigenvalue weighted by atomic mass is 19.1. The molecule has 4 nitrogen and oxygen atoms in total. The second kappa shape index (κ2) is 7.76. The molecule has 3 aromatic carbocycles. The van der Waals surface area contributed by atoms with Gasteiger partial charge in [-0.3, -0.25) is 4.79 Å². The van der Waals surface area contributed by atoms with Crippen molar-refractivity contribution < 1.29 is 13.9 Å². The van der Waals surface area contributed by atoms with Crippen molar-refractivity contribution in [3.05, 3.63) is 71.8 Å². The Morgan fingerprint density at radius 1 is 1.00 bits per heavy atom. The van der Waals surface area contributed by atoms with Gasteiger partial charge in [0.25, 0.3) is 5.91 Å². The van der Waals surface area contributed by atoms with E-state index in [1.54, 1.807) is 12.1 Å². The normalized spacial score (nSPS) is 14.3. The average Bonchev–Trinajstić information content (AvgIpc) is 2.74. The zero-order chi connectivity index (χ0) is 18.6. The maximum absolute atomic E-state index is 13.0. The Hall–Kier alpha value is -2.92. The molecule has 1 heterocycles. The first kappa shape index (κ1) is 17.5. The first-order chi connectivity index (χ1) is 13.3. The van der Waals surface area contributed by atoms with Gasteiger partial charge >= 0.3 is 0 Å². The molecule has 0 atom stereocenters. The van der Waals surface area contributed by atoms with Crippen LogP contribution in [0.25, 0.3) is 10.8 Å². The first-order valence-corrected chi connectivity index (χ1v) is 9.07. The standard InChI is InChI=1S/C22H21FN2O2/c23-15-16-4-3-5-17(14-16)24-21-9-8-20(18-6-1-2-7-19(18)21)22(26)25-10-12-27-13-11-25/h1-9,14,24H,10-13,15H2. The van der Waals surface area contributed by atoms with Gasteiger partial charge in [0.2, 0.25) is 0 Å². The van der Waals surface area contributed by atoms with Crippen molar-refractivity contribution in [3.63, 3.8) is 0 Å². The lowest BCUT2D eigenvalue weighted by molar-refractivity contribution is 0.0304. The van der Waals surface area contributed by atoms with Crippen LogP contribution in [0, 0.1) is 0 Å². The number of nitrogens with zero attached hydrogens (tertiary/aromatic N) is 1. The van der Waals surface area contributed by atoms with E-state index in [-0.39, 0.29) is 5.91 Å². The molecule has 3 aromatic rings. The number of anilines is 2. The number of halogens is 1. The third-order valence-corrected chi connectivity index (χ3v) is 4.81. The molecular formula is C22H21FN2O2. The van der Waals surface area contributed by atoms with Gasteiger partial charge < -0.3 is 15.0 Å². The number of ether oxygens (including phenoxy) is 1. The number of carbonyl (C=O) groups excluding carboxylic acids is 1. The van der Waals surface area contributed by atoms with Crippen LogP contribution in [0.5, 0.6) is 0 Å². The van der Waals surface area contributed by atoms with Gasteiger partial charge in [-0.1, -0.05) is 36.4 Å². The van der Waals surface area contributed by atoms with E-state index in [1.807, 2.05) is 53.4 Å². The molecule has 1 saturated heterocycles. The summed E-state index contributed by atoms with van der Waals surface area (Å²) in [4.78, 5) is 14.8. The Kier molecular flexibility index (Phi) is 5.03. The Balaban J connectivity index is 1.70. The van der Waals surface area contributed by atoms with Gasteiger partial charge in [-0.2, -0.15) is 0 Å². The van der Waals surface area contributed by atoms with Crippen LogP contribution in [0.4, 0.5) is 15.8 Å². The molecule has 0 saturated carbocycles. The lowest BCUT2D eigenvalue weighted by atomic mass is 10.0. The van der Waals surface area contributed by atoms with Crippen LogP contribution in [0.2, 0.25) is 0 Å². The maximum atomic E-state index is 13.0. The maximum Gasteiger partial charge on any atom is 0.254 e. The summed E-state index contributed by atoms with van der Waals surface area (Å²) in [6.45, 7) is 1.89. The summed E-state index contributed by atoms with van der Waals surface area (Å²) in [6, 6.07) is 18.9. The quantitative estimate of drug-likeness (QED) is 0.740. The number of morpholine rings is 1. The number of rotatable bonds is 4. The highest BCUT2D eigenvalue weighted by Gasteiger charge is 2.21. The molecule has 27 heavy (non-hydrogen) atoms. The Bertz CT molecular complexity index is 967. The van der Waals surface area contributed by atoms with Crippen molar-refractivity contribution in [2.24, 2.45) is 0 Å². The molecule has 1 N–H and O–H groups in total. The minimum atomic E-state index is -0.497. The van der Waals surface area contributed by atoms with Gasteiger partial charge in [0.05, 0.1) is 13.2 Å². The van der Waals surface area contributed by atoms with Gasteiger partial charge in [0, 0.05) is 35.4 Å². The van der Waals surface area contributed by atoms with Crippen molar-refractivity contribution in [1.82, 2.24) is 4.90 Å². The van der Waals surface area contributed by atoms with Gasteiger partial charge in [0.1, 0.15) is 6.67 Å². The molecule has 0 bridgehead atoms. The predicted molar refractivity (Wildman–Crippen MR) is 105 cm³/mol. The van der Waals surface area contributed by atoms with Crippen LogP contribution in [0.15, 0.2) is 60.7 Å². The van der Waals surface area contributed by atoms with Crippen LogP contribution in [0.3, 0.4) is 0 Å². The smallest absolute Gasteiger partial charge is 0.254 e. The van der Waals surface area contributed by atoms with Crippen molar-refractivity contribution in [1.29, 1.82) is 0 Å². The SMILES string of the molecule is O=C(c1ccc(Nc2cccc(CF)c2)c2ccccc12)N1CCOCC1. The second-order valence-corrected chi connectivity index (χ2v) is 6.57. The Labute approximate surface area is 157 Å². The zero-order valence-electron chi connectivity index (χ0n) is 15.0. The fourth-order valence-corrected chi connectivity index (χ4v) is 3.42. The summed E-state index contributed by atoms with van der Waals surface area (Å²) in [6.07, 6.45) is 0. The molecular weight excluding hydrogens is 343 g/mol. The van der Waals surface area contributed by atoms with E-state index in [0.29, 0.717) is 37.4 Å². The second-order valence-electron chi connectivity index (χ2n) is 6.57. The van der Waals surface area contributed by atoms with Gasteiger partial charge in [-0.05, 0) is 35.2 Å². The van der Waals surface area contributed by atoms with E-state index in [0.717, 1.165) is 22.1 Å². The molecule has 0 aromatic heterocycles. The molecule has 5 heteroatoms. The Morgan fingerprint density at radius 3 is 2.56 bits per heavy atom. The molecule has 1 aliphatic heterocycles. The molecule has 1 fully saturated rings. The molecule has 138 valence electrons. The summed E-state index contributed by atoms with van der Waals surface area (Å²) in [5.74, 6) is 0.0282. The molecule has 1 amide bonds. The van der Waals surface area contributed by atoms with Crippen LogP contribution in [-0.2, 0) is 11.4 Å². The van der Waals surface area contributed by atoms with Crippen LogP contribution < -0.4 is 5.32 Å². The molecule has 0 radical (unpaired) electrons. The summed E-state index contributed by atoms with van der Waals surface area (Å²) in [5, 5.41) is 5.22. The molecule has 1 aliphatic rings. The summed E-state index contributed by atoms with van der Waals surface area (Å²) in [7, 11) is 0. The van der Waals surface area contributed by atoms with Gasteiger partial charge in [0.15, 0.2) is 0 Å². The third kappa shape index (κ3) is 3.64. The number of benzene rings is 3. The fraction of sp³-hybridized carbons (Fsp3) is 0.227. The molecule has 0 unspecified atom stereocenters. The van der Waals surface area contributed by atoms with Gasteiger partial charge in [-0.25, -0.2) is 4.39 Å². The minimum Gasteiger partial charge on any atom is -0.378 e. The van der Waals surface area contributed by atoms with Crippen molar-refractivity contribution in [2.45, 2.75) is 6.67 Å². The van der Waals surface area contributed by atoms with E-state index in [1.165, 1.54) is 0 Å². The highest BCUT2D eigenvalue weighted by molar-refractivity contribution is 6.10. The van der Waals surface area contributed by atoms with E-state index in [2.05, 4.69) is 5.32 Å². The molecule has 0 spiro atoms. The lowest BCUT2D eigenvalue weighted by Crippen LogP contribution is -2.40.